The van der Waals surface area contributed by atoms with Crippen molar-refractivity contribution in [3.8, 4) is 11.3 Å². The third kappa shape index (κ3) is 2.45. The highest BCUT2D eigenvalue weighted by Gasteiger charge is 2.10. The fraction of sp³-hybridized carbons (Fsp3) is 0.0625. The standard InChI is InChI=1S/C16H10Br2O2/c1-9-2-4-10(5-3-9)14-8-13(19)16-12(18)6-11(17)7-15(16)20-14/h2-8H,1H3. The first-order valence-corrected chi connectivity index (χ1v) is 7.63. The molecular formula is C16H10Br2O2. The fourth-order valence-corrected chi connectivity index (χ4v) is 3.45. The molecule has 0 atom stereocenters. The lowest BCUT2D eigenvalue weighted by Gasteiger charge is -2.05. The van der Waals surface area contributed by atoms with Gasteiger partial charge in [0.15, 0.2) is 5.43 Å². The summed E-state index contributed by atoms with van der Waals surface area (Å²) in [4.78, 5) is 12.3. The highest BCUT2D eigenvalue weighted by Crippen LogP contribution is 2.29. The van der Waals surface area contributed by atoms with Crippen molar-refractivity contribution in [3.05, 3.63) is 67.2 Å². The zero-order valence-corrected chi connectivity index (χ0v) is 13.8. The molecule has 100 valence electrons. The van der Waals surface area contributed by atoms with Gasteiger partial charge in [-0.15, -0.1) is 0 Å². The lowest BCUT2D eigenvalue weighted by molar-refractivity contribution is 0.618. The van der Waals surface area contributed by atoms with Crippen LogP contribution in [0.3, 0.4) is 0 Å². The van der Waals surface area contributed by atoms with Crippen molar-refractivity contribution in [2.24, 2.45) is 0 Å². The maximum absolute atomic E-state index is 12.3. The maximum Gasteiger partial charge on any atom is 0.194 e. The Morgan fingerprint density at radius 2 is 1.70 bits per heavy atom. The molecule has 0 saturated heterocycles. The Morgan fingerprint density at radius 1 is 1.00 bits per heavy atom. The molecule has 20 heavy (non-hydrogen) atoms. The van der Waals surface area contributed by atoms with Gasteiger partial charge in [-0.25, -0.2) is 0 Å². The number of hydrogen-bond acceptors (Lipinski definition) is 2. The van der Waals surface area contributed by atoms with E-state index in [1.807, 2.05) is 37.3 Å². The predicted octanol–water partition coefficient (Wildman–Crippen LogP) is 5.29. The summed E-state index contributed by atoms with van der Waals surface area (Å²) in [6.07, 6.45) is 0. The minimum absolute atomic E-state index is 0.0544. The van der Waals surface area contributed by atoms with Gasteiger partial charge in [0.05, 0.1) is 5.39 Å². The van der Waals surface area contributed by atoms with Crippen molar-refractivity contribution in [2.75, 3.05) is 0 Å². The van der Waals surface area contributed by atoms with Crippen LogP contribution in [-0.2, 0) is 0 Å². The molecule has 1 heterocycles. The van der Waals surface area contributed by atoms with Crippen molar-refractivity contribution in [1.82, 2.24) is 0 Å². The van der Waals surface area contributed by atoms with Gasteiger partial charge in [-0.2, -0.15) is 0 Å². The average molecular weight is 394 g/mol. The van der Waals surface area contributed by atoms with E-state index in [4.69, 9.17) is 4.42 Å². The van der Waals surface area contributed by atoms with E-state index >= 15 is 0 Å². The van der Waals surface area contributed by atoms with E-state index in [1.54, 1.807) is 6.07 Å². The summed E-state index contributed by atoms with van der Waals surface area (Å²) in [5.41, 5.74) is 2.57. The number of aryl methyl sites for hydroxylation is 1. The Bertz CT molecular complexity index is 849. The van der Waals surface area contributed by atoms with E-state index < -0.39 is 0 Å². The summed E-state index contributed by atoms with van der Waals surface area (Å²) in [5.74, 6) is 0.576. The number of hydrogen-bond donors (Lipinski definition) is 0. The van der Waals surface area contributed by atoms with Gasteiger partial charge in [0.25, 0.3) is 0 Å². The van der Waals surface area contributed by atoms with Crippen LogP contribution in [0, 0.1) is 6.92 Å². The SMILES string of the molecule is Cc1ccc(-c2cc(=O)c3c(Br)cc(Br)cc3o2)cc1. The monoisotopic (exact) mass is 392 g/mol. The van der Waals surface area contributed by atoms with Crippen LogP contribution in [0.1, 0.15) is 5.56 Å². The molecule has 0 N–H and O–H groups in total. The second kappa shape index (κ2) is 5.19. The van der Waals surface area contributed by atoms with Gasteiger partial charge >= 0.3 is 0 Å². The van der Waals surface area contributed by atoms with E-state index in [0.717, 1.165) is 14.5 Å². The molecule has 3 rings (SSSR count). The summed E-state index contributed by atoms with van der Waals surface area (Å²) >= 11 is 6.80. The van der Waals surface area contributed by atoms with Gasteiger partial charge in [-0.3, -0.25) is 4.79 Å². The van der Waals surface area contributed by atoms with E-state index in [2.05, 4.69) is 31.9 Å². The summed E-state index contributed by atoms with van der Waals surface area (Å²) < 4.78 is 7.46. The molecule has 2 nitrogen and oxygen atoms in total. The van der Waals surface area contributed by atoms with E-state index in [-0.39, 0.29) is 5.43 Å². The van der Waals surface area contributed by atoms with Crippen molar-refractivity contribution in [2.45, 2.75) is 6.92 Å². The zero-order valence-electron chi connectivity index (χ0n) is 10.6. The van der Waals surface area contributed by atoms with Crippen molar-refractivity contribution < 1.29 is 4.42 Å². The second-order valence-corrected chi connectivity index (χ2v) is 6.37. The molecule has 0 aliphatic carbocycles. The van der Waals surface area contributed by atoms with Crippen molar-refractivity contribution >= 4 is 42.8 Å². The Kier molecular flexibility index (Phi) is 3.52. The molecule has 0 bridgehead atoms. The lowest BCUT2D eigenvalue weighted by Crippen LogP contribution is -2.01. The van der Waals surface area contributed by atoms with Crippen LogP contribution < -0.4 is 5.43 Å². The Morgan fingerprint density at radius 3 is 2.40 bits per heavy atom. The van der Waals surface area contributed by atoms with Crippen LogP contribution in [0.25, 0.3) is 22.3 Å². The molecule has 1 aromatic heterocycles. The normalized spacial score (nSPS) is 10.9. The Labute approximate surface area is 132 Å². The molecule has 0 radical (unpaired) electrons. The first kappa shape index (κ1) is 13.6. The Hall–Kier alpha value is -1.39. The fourth-order valence-electron chi connectivity index (χ4n) is 2.07. The summed E-state index contributed by atoms with van der Waals surface area (Å²) in [7, 11) is 0. The van der Waals surface area contributed by atoms with Gasteiger partial charge < -0.3 is 4.42 Å². The zero-order chi connectivity index (χ0) is 14.3. The van der Waals surface area contributed by atoms with Gasteiger partial charge in [-0.1, -0.05) is 45.8 Å². The van der Waals surface area contributed by atoms with Crippen LogP contribution in [0.5, 0.6) is 0 Å². The largest absolute Gasteiger partial charge is 0.456 e. The first-order valence-electron chi connectivity index (χ1n) is 6.04. The molecule has 0 fully saturated rings. The van der Waals surface area contributed by atoms with E-state index in [9.17, 15) is 4.79 Å². The Balaban J connectivity index is 2.29. The van der Waals surface area contributed by atoms with E-state index in [1.165, 1.54) is 11.6 Å². The molecule has 3 aromatic rings. The number of benzene rings is 2. The summed E-state index contributed by atoms with van der Waals surface area (Å²) in [5, 5.41) is 0.559. The molecule has 0 amide bonds. The third-order valence-electron chi connectivity index (χ3n) is 3.08. The van der Waals surface area contributed by atoms with Gasteiger partial charge in [0.1, 0.15) is 11.3 Å². The number of halogens is 2. The third-order valence-corrected chi connectivity index (χ3v) is 4.17. The van der Waals surface area contributed by atoms with Gasteiger partial charge in [-0.05, 0) is 35.0 Å². The van der Waals surface area contributed by atoms with Crippen LogP contribution in [0.4, 0.5) is 0 Å². The minimum Gasteiger partial charge on any atom is -0.456 e. The molecule has 0 unspecified atom stereocenters. The molecule has 4 heteroatoms. The van der Waals surface area contributed by atoms with Crippen molar-refractivity contribution in [1.29, 1.82) is 0 Å². The van der Waals surface area contributed by atoms with Gasteiger partial charge in [0, 0.05) is 20.6 Å². The summed E-state index contributed by atoms with van der Waals surface area (Å²) in [6.45, 7) is 2.02. The molecule has 0 saturated carbocycles. The highest BCUT2D eigenvalue weighted by molar-refractivity contribution is 9.11. The van der Waals surface area contributed by atoms with Crippen LogP contribution >= 0.6 is 31.9 Å². The predicted molar refractivity (Wildman–Crippen MR) is 88.1 cm³/mol. The lowest BCUT2D eigenvalue weighted by atomic mass is 10.1. The van der Waals surface area contributed by atoms with Crippen LogP contribution in [0.2, 0.25) is 0 Å². The first-order chi connectivity index (χ1) is 9.54. The minimum atomic E-state index is -0.0544. The smallest absolute Gasteiger partial charge is 0.194 e. The van der Waals surface area contributed by atoms with Crippen LogP contribution in [-0.4, -0.2) is 0 Å². The molecule has 0 spiro atoms. The van der Waals surface area contributed by atoms with Gasteiger partial charge in [0.2, 0.25) is 0 Å². The quantitative estimate of drug-likeness (QED) is 0.562. The highest BCUT2D eigenvalue weighted by atomic mass is 79.9. The number of fused-ring (bicyclic) bond motifs is 1. The molecule has 0 aliphatic heterocycles. The van der Waals surface area contributed by atoms with E-state index in [0.29, 0.717) is 16.7 Å². The average Bonchev–Trinajstić information content (AvgIpc) is 2.38. The van der Waals surface area contributed by atoms with Crippen molar-refractivity contribution in [3.63, 3.8) is 0 Å². The van der Waals surface area contributed by atoms with Crippen LogP contribution in [0.15, 0.2) is 60.6 Å². The molecule has 0 aliphatic rings. The maximum atomic E-state index is 12.3. The number of rotatable bonds is 1. The molecule has 2 aromatic carbocycles. The molecular weight excluding hydrogens is 384 g/mol. The summed E-state index contributed by atoms with van der Waals surface area (Å²) in [6, 6.07) is 13.1. The topological polar surface area (TPSA) is 30.2 Å². The second-order valence-electron chi connectivity index (χ2n) is 4.60.